The first-order valence-electron chi connectivity index (χ1n) is 6.14. The van der Waals surface area contributed by atoms with Crippen molar-refractivity contribution >= 4 is 38.9 Å². The fraction of sp³-hybridized carbons (Fsp3) is 0.286. The lowest BCUT2D eigenvalue weighted by Gasteiger charge is -2.09. The zero-order chi connectivity index (χ0) is 15.4. The van der Waals surface area contributed by atoms with Crippen LogP contribution in [0.5, 0.6) is 0 Å². The van der Waals surface area contributed by atoms with Crippen LogP contribution in [-0.2, 0) is 9.47 Å². The smallest absolute Gasteiger partial charge is 0.284 e. The number of hydrogen-bond donors (Lipinski definition) is 1. The van der Waals surface area contributed by atoms with E-state index in [1.54, 1.807) is 20.4 Å². The van der Waals surface area contributed by atoms with Gasteiger partial charge in [-0.25, -0.2) is 4.98 Å². The zero-order valence-electron chi connectivity index (χ0n) is 11.8. The molecule has 0 saturated carbocycles. The van der Waals surface area contributed by atoms with Crippen LogP contribution in [0.2, 0.25) is 0 Å². The maximum atomic E-state index is 12.2. The first kappa shape index (κ1) is 16.1. The van der Waals surface area contributed by atoms with E-state index < -0.39 is 6.29 Å². The Labute approximate surface area is 135 Å². The summed E-state index contributed by atoms with van der Waals surface area (Å²) in [7, 11) is 3.08. The molecule has 7 heteroatoms. The van der Waals surface area contributed by atoms with E-state index >= 15 is 0 Å². The van der Waals surface area contributed by atoms with Gasteiger partial charge in [-0.2, -0.15) is 0 Å². The van der Waals surface area contributed by atoms with E-state index in [1.165, 1.54) is 11.3 Å². The summed E-state index contributed by atoms with van der Waals surface area (Å²) in [6, 6.07) is 5.64. The summed E-state index contributed by atoms with van der Waals surface area (Å²) in [4.78, 5) is 17.1. The molecule has 112 valence electrons. The highest BCUT2D eigenvalue weighted by atomic mass is 79.9. The van der Waals surface area contributed by atoms with Gasteiger partial charge in [-0.15, -0.1) is 11.3 Å². The normalized spacial score (nSPS) is 10.9. The van der Waals surface area contributed by atoms with E-state index in [4.69, 9.17) is 9.47 Å². The molecule has 0 radical (unpaired) electrons. The molecule has 0 atom stereocenters. The van der Waals surface area contributed by atoms with Gasteiger partial charge in [0.25, 0.3) is 5.91 Å². The molecule has 1 aromatic carbocycles. The fourth-order valence-corrected chi connectivity index (χ4v) is 2.98. The van der Waals surface area contributed by atoms with Crippen molar-refractivity contribution in [2.45, 2.75) is 13.2 Å². The standard InChI is InChI=1S/C14H15BrN2O3S/c1-8-9(15)5-4-6-10(8)17-12(18)13-16-7-11(21-13)14(19-2)20-3/h4-7,14H,1-3H3,(H,17,18). The van der Waals surface area contributed by atoms with E-state index in [1.807, 2.05) is 25.1 Å². The lowest BCUT2D eigenvalue weighted by atomic mass is 10.2. The average Bonchev–Trinajstić information content (AvgIpc) is 2.95. The van der Waals surface area contributed by atoms with Crippen molar-refractivity contribution in [1.82, 2.24) is 4.98 Å². The quantitative estimate of drug-likeness (QED) is 0.814. The Kier molecular flexibility index (Phi) is 5.46. The summed E-state index contributed by atoms with van der Waals surface area (Å²) in [6.07, 6.45) is 1.09. The maximum Gasteiger partial charge on any atom is 0.284 e. The molecule has 0 aliphatic heterocycles. The predicted molar refractivity (Wildman–Crippen MR) is 85.7 cm³/mol. The van der Waals surface area contributed by atoms with Gasteiger partial charge in [0.15, 0.2) is 11.3 Å². The number of thiazole rings is 1. The minimum absolute atomic E-state index is 0.251. The van der Waals surface area contributed by atoms with Crippen LogP contribution in [0.15, 0.2) is 28.9 Å². The Morgan fingerprint density at radius 3 is 2.76 bits per heavy atom. The third kappa shape index (κ3) is 3.68. The van der Waals surface area contributed by atoms with Gasteiger partial charge in [-0.1, -0.05) is 22.0 Å². The highest BCUT2D eigenvalue weighted by molar-refractivity contribution is 9.10. The highest BCUT2D eigenvalue weighted by Crippen LogP contribution is 2.26. The van der Waals surface area contributed by atoms with Gasteiger partial charge in [0.05, 0.1) is 4.88 Å². The largest absolute Gasteiger partial charge is 0.351 e. The molecule has 0 fully saturated rings. The third-order valence-electron chi connectivity index (χ3n) is 2.89. The van der Waals surface area contributed by atoms with E-state index in [0.717, 1.165) is 20.6 Å². The molecule has 5 nitrogen and oxygen atoms in total. The van der Waals surface area contributed by atoms with E-state index in [-0.39, 0.29) is 5.91 Å². The number of amides is 1. The molecule has 0 aliphatic carbocycles. The Bertz CT molecular complexity index is 641. The number of nitrogens with zero attached hydrogens (tertiary/aromatic N) is 1. The number of methoxy groups -OCH3 is 2. The number of nitrogens with one attached hydrogen (secondary N) is 1. The molecule has 21 heavy (non-hydrogen) atoms. The molecular weight excluding hydrogens is 356 g/mol. The van der Waals surface area contributed by atoms with Gasteiger partial charge in [0.2, 0.25) is 0 Å². The highest BCUT2D eigenvalue weighted by Gasteiger charge is 2.17. The number of aromatic nitrogens is 1. The molecular formula is C14H15BrN2O3S. The van der Waals surface area contributed by atoms with Gasteiger partial charge in [-0.3, -0.25) is 4.79 Å². The third-order valence-corrected chi connectivity index (χ3v) is 4.77. The van der Waals surface area contributed by atoms with Crippen LogP contribution >= 0.6 is 27.3 Å². The summed E-state index contributed by atoms with van der Waals surface area (Å²) in [5.41, 5.74) is 1.72. The lowest BCUT2D eigenvalue weighted by Crippen LogP contribution is -2.12. The zero-order valence-corrected chi connectivity index (χ0v) is 14.2. The summed E-state index contributed by atoms with van der Waals surface area (Å²) in [5.74, 6) is -0.251. The number of ether oxygens (including phenoxy) is 2. The van der Waals surface area contributed by atoms with Crippen LogP contribution in [-0.4, -0.2) is 25.1 Å². The van der Waals surface area contributed by atoms with Crippen LogP contribution in [0.1, 0.15) is 26.5 Å². The van der Waals surface area contributed by atoms with Gasteiger partial charge in [-0.05, 0) is 24.6 Å². The van der Waals surface area contributed by atoms with Crippen molar-refractivity contribution < 1.29 is 14.3 Å². The molecule has 0 saturated heterocycles. The number of hydrogen-bond acceptors (Lipinski definition) is 5. The Hall–Kier alpha value is -1.28. The molecule has 1 heterocycles. The minimum atomic E-state index is -0.503. The molecule has 0 spiro atoms. The van der Waals surface area contributed by atoms with Crippen molar-refractivity contribution in [1.29, 1.82) is 0 Å². The second kappa shape index (κ2) is 7.13. The number of halogens is 1. The summed E-state index contributed by atoms with van der Waals surface area (Å²) in [6.45, 7) is 1.93. The SMILES string of the molecule is COC(OC)c1cnc(C(=O)Nc2cccc(Br)c2C)s1. The monoisotopic (exact) mass is 370 g/mol. The number of benzene rings is 1. The van der Waals surface area contributed by atoms with E-state index in [2.05, 4.69) is 26.2 Å². The maximum absolute atomic E-state index is 12.2. The molecule has 0 bridgehead atoms. The molecule has 0 unspecified atom stereocenters. The van der Waals surface area contributed by atoms with Crippen LogP contribution in [0, 0.1) is 6.92 Å². The predicted octanol–water partition coefficient (Wildman–Crippen LogP) is 3.76. The molecule has 2 rings (SSSR count). The Morgan fingerprint density at radius 1 is 1.38 bits per heavy atom. The average molecular weight is 371 g/mol. The summed E-state index contributed by atoms with van der Waals surface area (Å²) >= 11 is 4.68. The van der Waals surface area contributed by atoms with Crippen LogP contribution in [0.3, 0.4) is 0 Å². The summed E-state index contributed by atoms with van der Waals surface area (Å²) < 4.78 is 11.2. The van der Waals surface area contributed by atoms with Crippen LogP contribution in [0.25, 0.3) is 0 Å². The second-order valence-corrected chi connectivity index (χ2v) is 6.15. The number of carbonyl (C=O) groups is 1. The van der Waals surface area contributed by atoms with Gasteiger partial charge >= 0.3 is 0 Å². The molecule has 1 N–H and O–H groups in total. The number of carbonyl (C=O) groups excluding carboxylic acids is 1. The van der Waals surface area contributed by atoms with Crippen LogP contribution in [0.4, 0.5) is 5.69 Å². The first-order chi connectivity index (χ1) is 10.1. The topological polar surface area (TPSA) is 60.5 Å². The van der Waals surface area contributed by atoms with Crippen molar-refractivity contribution in [3.8, 4) is 0 Å². The molecule has 1 amide bonds. The van der Waals surface area contributed by atoms with Gasteiger partial charge < -0.3 is 14.8 Å². The van der Waals surface area contributed by atoms with E-state index in [0.29, 0.717) is 5.01 Å². The van der Waals surface area contributed by atoms with Gasteiger partial charge in [0, 0.05) is 30.6 Å². The first-order valence-corrected chi connectivity index (χ1v) is 7.75. The molecule has 1 aromatic heterocycles. The van der Waals surface area contributed by atoms with Crippen molar-refractivity contribution in [3.05, 3.63) is 44.3 Å². The van der Waals surface area contributed by atoms with Crippen molar-refractivity contribution in [2.75, 3.05) is 19.5 Å². The number of rotatable bonds is 5. The van der Waals surface area contributed by atoms with Gasteiger partial charge in [0.1, 0.15) is 0 Å². The lowest BCUT2D eigenvalue weighted by molar-refractivity contribution is -0.103. The number of anilines is 1. The molecule has 0 aliphatic rings. The summed E-state index contributed by atoms with van der Waals surface area (Å²) in [5, 5.41) is 3.22. The Morgan fingerprint density at radius 2 is 2.10 bits per heavy atom. The van der Waals surface area contributed by atoms with Crippen LogP contribution < -0.4 is 5.32 Å². The minimum Gasteiger partial charge on any atom is -0.351 e. The molecule has 2 aromatic rings. The second-order valence-electron chi connectivity index (χ2n) is 4.24. The van der Waals surface area contributed by atoms with Crippen molar-refractivity contribution in [3.63, 3.8) is 0 Å². The fourth-order valence-electron chi connectivity index (χ4n) is 1.75. The van der Waals surface area contributed by atoms with E-state index in [9.17, 15) is 4.79 Å². The Balaban J connectivity index is 2.16. The van der Waals surface area contributed by atoms with Crippen molar-refractivity contribution in [2.24, 2.45) is 0 Å².